The van der Waals surface area contributed by atoms with Crippen LogP contribution in [0.2, 0.25) is 5.02 Å². The van der Waals surface area contributed by atoms with Crippen LogP contribution in [0.15, 0.2) is 36.4 Å². The summed E-state index contributed by atoms with van der Waals surface area (Å²) in [5.74, 6) is -1.06. The fourth-order valence-corrected chi connectivity index (χ4v) is 3.74. The molecule has 1 aliphatic rings. The van der Waals surface area contributed by atoms with E-state index in [0.717, 1.165) is 5.52 Å². The number of hydrogen-bond acceptors (Lipinski definition) is 5. The first-order valence-corrected chi connectivity index (χ1v) is 10.4. The molecule has 174 valence electrons. The number of nitrogens with zero attached hydrogens (tertiary/aromatic N) is 2. The second-order valence-electron chi connectivity index (χ2n) is 7.89. The van der Waals surface area contributed by atoms with Crippen molar-refractivity contribution in [3.8, 4) is 0 Å². The molecule has 1 amide bonds. The fraction of sp³-hybridized carbons (Fsp3) is 0.318. The van der Waals surface area contributed by atoms with Crippen LogP contribution in [0.25, 0.3) is 11.0 Å². The normalized spacial score (nSPS) is 14.7. The zero-order chi connectivity index (χ0) is 24.0. The van der Waals surface area contributed by atoms with Gasteiger partial charge in [0, 0.05) is 13.6 Å². The minimum Gasteiger partial charge on any atom is -0.465 e. The second kappa shape index (κ2) is 8.26. The number of esters is 1. The molecule has 1 aliphatic carbocycles. The minimum absolute atomic E-state index is 0.0759. The van der Waals surface area contributed by atoms with E-state index >= 15 is 0 Å². The Balaban J connectivity index is 1.53. The molecule has 0 unspecified atom stereocenters. The van der Waals surface area contributed by atoms with Crippen LogP contribution in [-0.2, 0) is 23.1 Å². The number of fused-ring (bicyclic) bond motifs is 1. The number of halogens is 4. The van der Waals surface area contributed by atoms with Crippen LogP contribution in [0.3, 0.4) is 0 Å². The highest BCUT2D eigenvalue weighted by atomic mass is 35.5. The summed E-state index contributed by atoms with van der Waals surface area (Å²) in [6, 6.07) is 9.81. The molecular formula is C22H20ClF3N4O3. The molecule has 4 rings (SSSR count). The summed E-state index contributed by atoms with van der Waals surface area (Å²) in [4.78, 5) is 28.4. The fourth-order valence-electron chi connectivity index (χ4n) is 3.57. The minimum atomic E-state index is -4.56. The third-order valence-electron chi connectivity index (χ3n) is 5.76. The van der Waals surface area contributed by atoms with Crippen molar-refractivity contribution in [2.45, 2.75) is 25.6 Å². The maximum Gasteiger partial charge on any atom is 0.403 e. The summed E-state index contributed by atoms with van der Waals surface area (Å²) in [7, 11) is 3.07. The van der Waals surface area contributed by atoms with Crippen molar-refractivity contribution < 1.29 is 27.5 Å². The lowest BCUT2D eigenvalue weighted by atomic mass is 10.1. The van der Waals surface area contributed by atoms with Gasteiger partial charge in [-0.05, 0) is 48.7 Å². The summed E-state index contributed by atoms with van der Waals surface area (Å²) in [5.41, 5.74) is 0.442. The summed E-state index contributed by atoms with van der Waals surface area (Å²) in [6.07, 6.45) is -4.95. The molecule has 1 saturated carbocycles. The SMILES string of the molecule is COC(=O)c1ccc2c(c1)nc(Nc1cc(CNC(=O)C3(C(F)(F)F)CC3)ccc1Cl)n2C. The van der Waals surface area contributed by atoms with E-state index in [2.05, 4.69) is 15.6 Å². The van der Waals surface area contributed by atoms with E-state index in [1.54, 1.807) is 48.0 Å². The first-order valence-electron chi connectivity index (χ1n) is 10.0. The van der Waals surface area contributed by atoms with Gasteiger partial charge in [0.2, 0.25) is 11.9 Å². The van der Waals surface area contributed by atoms with Gasteiger partial charge in [0.15, 0.2) is 0 Å². The Morgan fingerprint density at radius 3 is 2.58 bits per heavy atom. The monoisotopic (exact) mass is 480 g/mol. The summed E-state index contributed by atoms with van der Waals surface area (Å²) in [5, 5.41) is 5.84. The van der Waals surface area contributed by atoms with Crippen molar-refractivity contribution in [2.24, 2.45) is 12.5 Å². The lowest BCUT2D eigenvalue weighted by molar-refractivity contribution is -0.192. The summed E-state index contributed by atoms with van der Waals surface area (Å²) in [6.45, 7) is -0.0759. The molecule has 2 N–H and O–H groups in total. The number of methoxy groups -OCH3 is 1. The number of ether oxygens (including phenoxy) is 1. The van der Waals surface area contributed by atoms with Crippen molar-refractivity contribution in [2.75, 3.05) is 12.4 Å². The van der Waals surface area contributed by atoms with Crippen LogP contribution < -0.4 is 10.6 Å². The molecule has 2 aromatic carbocycles. The van der Waals surface area contributed by atoms with Crippen LogP contribution in [0.1, 0.15) is 28.8 Å². The van der Waals surface area contributed by atoms with Crippen LogP contribution in [0.4, 0.5) is 24.8 Å². The van der Waals surface area contributed by atoms with Gasteiger partial charge in [-0.1, -0.05) is 17.7 Å². The molecule has 1 fully saturated rings. The largest absolute Gasteiger partial charge is 0.465 e. The average Bonchev–Trinajstić information content (AvgIpc) is 3.55. The molecule has 7 nitrogen and oxygen atoms in total. The number of benzene rings is 2. The number of carbonyl (C=O) groups is 2. The lowest BCUT2D eigenvalue weighted by Gasteiger charge is -2.18. The molecular weight excluding hydrogens is 461 g/mol. The second-order valence-corrected chi connectivity index (χ2v) is 8.30. The van der Waals surface area contributed by atoms with E-state index in [0.29, 0.717) is 33.3 Å². The summed E-state index contributed by atoms with van der Waals surface area (Å²) < 4.78 is 45.9. The van der Waals surface area contributed by atoms with E-state index in [4.69, 9.17) is 16.3 Å². The van der Waals surface area contributed by atoms with Gasteiger partial charge in [0.05, 0.1) is 34.4 Å². The number of rotatable bonds is 6. The predicted octanol–water partition coefficient (Wildman–Crippen LogP) is 4.72. The van der Waals surface area contributed by atoms with Crippen LogP contribution in [-0.4, -0.2) is 34.7 Å². The molecule has 0 spiro atoms. The van der Waals surface area contributed by atoms with Gasteiger partial charge in [-0.3, -0.25) is 4.79 Å². The first-order chi connectivity index (χ1) is 15.6. The Bertz CT molecular complexity index is 1250. The average molecular weight is 481 g/mol. The quantitative estimate of drug-likeness (QED) is 0.499. The molecule has 1 heterocycles. The Hall–Kier alpha value is -3.27. The molecule has 0 radical (unpaired) electrons. The predicted molar refractivity (Wildman–Crippen MR) is 116 cm³/mol. The molecule has 0 saturated heterocycles. The van der Waals surface area contributed by atoms with Crippen LogP contribution in [0, 0.1) is 5.41 Å². The highest BCUT2D eigenvalue weighted by molar-refractivity contribution is 6.33. The van der Waals surface area contributed by atoms with Crippen molar-refractivity contribution >= 4 is 46.1 Å². The first kappa shape index (κ1) is 22.9. The van der Waals surface area contributed by atoms with E-state index in [1.807, 2.05) is 0 Å². The Morgan fingerprint density at radius 1 is 1.21 bits per heavy atom. The Labute approximate surface area is 191 Å². The lowest BCUT2D eigenvalue weighted by Crippen LogP contribution is -2.40. The molecule has 0 atom stereocenters. The maximum atomic E-state index is 13.1. The smallest absolute Gasteiger partial charge is 0.403 e. The topological polar surface area (TPSA) is 85.2 Å². The number of hydrogen-bond donors (Lipinski definition) is 2. The van der Waals surface area contributed by atoms with Gasteiger partial charge >= 0.3 is 12.1 Å². The number of carbonyl (C=O) groups excluding carboxylic acids is 2. The van der Waals surface area contributed by atoms with E-state index in [-0.39, 0.29) is 19.4 Å². The summed E-state index contributed by atoms with van der Waals surface area (Å²) >= 11 is 6.29. The highest BCUT2D eigenvalue weighted by Gasteiger charge is 2.68. The Morgan fingerprint density at radius 2 is 1.94 bits per heavy atom. The Kier molecular flexibility index (Phi) is 5.73. The van der Waals surface area contributed by atoms with Gasteiger partial charge in [-0.2, -0.15) is 13.2 Å². The standard InChI is InChI=1S/C22H20ClF3N4O3/c1-30-17-6-4-13(18(31)33-2)10-16(17)29-20(30)28-15-9-12(3-5-14(15)23)11-27-19(32)21(7-8-21)22(24,25)26/h3-6,9-10H,7-8,11H2,1-2H3,(H,27,32)(H,28,29). The molecule has 11 heteroatoms. The zero-order valence-corrected chi connectivity index (χ0v) is 18.5. The molecule has 3 aromatic rings. The number of nitrogens with one attached hydrogen (secondary N) is 2. The van der Waals surface area contributed by atoms with Crippen molar-refractivity contribution in [3.63, 3.8) is 0 Å². The van der Waals surface area contributed by atoms with Crippen molar-refractivity contribution in [1.82, 2.24) is 14.9 Å². The van der Waals surface area contributed by atoms with Crippen LogP contribution in [0.5, 0.6) is 0 Å². The number of alkyl halides is 3. The van der Waals surface area contributed by atoms with Gasteiger partial charge < -0.3 is 19.9 Å². The molecule has 33 heavy (non-hydrogen) atoms. The number of amides is 1. The third-order valence-corrected chi connectivity index (χ3v) is 6.09. The third kappa shape index (κ3) is 4.22. The van der Waals surface area contributed by atoms with Crippen molar-refractivity contribution in [1.29, 1.82) is 0 Å². The van der Waals surface area contributed by atoms with E-state index in [1.165, 1.54) is 7.11 Å². The number of imidazole rings is 1. The molecule has 0 aliphatic heterocycles. The number of anilines is 2. The maximum absolute atomic E-state index is 13.1. The molecule has 0 bridgehead atoms. The molecule has 1 aromatic heterocycles. The number of aryl methyl sites for hydroxylation is 1. The van der Waals surface area contributed by atoms with E-state index in [9.17, 15) is 22.8 Å². The van der Waals surface area contributed by atoms with E-state index < -0.39 is 23.5 Å². The van der Waals surface area contributed by atoms with Gasteiger partial charge in [0.1, 0.15) is 5.41 Å². The highest BCUT2D eigenvalue weighted by Crippen LogP contribution is 2.57. The van der Waals surface area contributed by atoms with Gasteiger partial charge in [0.25, 0.3) is 0 Å². The van der Waals surface area contributed by atoms with Crippen LogP contribution >= 0.6 is 11.6 Å². The van der Waals surface area contributed by atoms with Gasteiger partial charge in [-0.15, -0.1) is 0 Å². The zero-order valence-electron chi connectivity index (χ0n) is 17.7. The van der Waals surface area contributed by atoms with Crippen molar-refractivity contribution in [3.05, 3.63) is 52.5 Å². The van der Waals surface area contributed by atoms with Gasteiger partial charge in [-0.25, -0.2) is 9.78 Å². The number of aromatic nitrogens is 2.